The second-order valence-corrected chi connectivity index (χ2v) is 9.94. The maximum Gasteiger partial charge on any atom is 0.311 e. The van der Waals surface area contributed by atoms with Crippen LogP contribution in [0.5, 0.6) is 0 Å². The fourth-order valence-corrected chi connectivity index (χ4v) is 5.83. The summed E-state index contributed by atoms with van der Waals surface area (Å²) >= 11 is 0. The number of nitrogens with one attached hydrogen (secondary N) is 1. The van der Waals surface area contributed by atoms with Crippen LogP contribution < -0.4 is 4.72 Å². The molecule has 1 N–H and O–H groups in total. The van der Waals surface area contributed by atoms with Crippen molar-refractivity contribution in [3.8, 4) is 0 Å². The first-order chi connectivity index (χ1) is 13.5. The van der Waals surface area contributed by atoms with E-state index in [1.807, 2.05) is 0 Å². The van der Waals surface area contributed by atoms with Gasteiger partial charge < -0.3 is 9.26 Å². The molecule has 0 atom stereocenters. The zero-order chi connectivity index (χ0) is 21.4. The molecule has 0 saturated carbocycles. The van der Waals surface area contributed by atoms with Gasteiger partial charge in [0.15, 0.2) is 20.5 Å². The molecule has 29 heavy (non-hydrogen) atoms. The number of esters is 1. The van der Waals surface area contributed by atoms with E-state index in [0.717, 1.165) is 0 Å². The average molecular weight is 441 g/mol. The van der Waals surface area contributed by atoms with E-state index in [1.54, 1.807) is 6.92 Å². The van der Waals surface area contributed by atoms with Crippen LogP contribution in [0, 0.1) is 13.8 Å². The van der Waals surface area contributed by atoms with E-state index in [2.05, 4.69) is 14.9 Å². The minimum absolute atomic E-state index is 0.0522. The van der Waals surface area contributed by atoms with Gasteiger partial charge in [0.1, 0.15) is 5.69 Å². The van der Waals surface area contributed by atoms with Gasteiger partial charge in [-0.15, -0.1) is 0 Å². The van der Waals surface area contributed by atoms with Gasteiger partial charge in [0, 0.05) is 5.71 Å². The van der Waals surface area contributed by atoms with E-state index in [1.165, 1.54) is 32.0 Å². The number of benzene rings is 1. The van der Waals surface area contributed by atoms with E-state index >= 15 is 0 Å². The minimum atomic E-state index is -4.03. The van der Waals surface area contributed by atoms with Crippen LogP contribution in [0.15, 0.2) is 37.5 Å². The van der Waals surface area contributed by atoms with Crippen LogP contribution >= 0.6 is 0 Å². The summed E-state index contributed by atoms with van der Waals surface area (Å²) < 4.78 is 62.6. The Bertz CT molecular complexity index is 1190. The summed E-state index contributed by atoms with van der Waals surface area (Å²) in [5.74, 6) is -0.888. The van der Waals surface area contributed by atoms with Gasteiger partial charge in [0.25, 0.3) is 10.0 Å². The van der Waals surface area contributed by atoms with E-state index < -0.39 is 31.6 Å². The summed E-state index contributed by atoms with van der Waals surface area (Å²) in [7, 11) is -7.83. The molecule has 156 valence electrons. The summed E-state index contributed by atoms with van der Waals surface area (Å²) in [5, 5.41) is 3.62. The summed E-state index contributed by atoms with van der Waals surface area (Å²) in [6.45, 7) is 4.79. The molecular formula is C17H19N3O7S2. The SMILES string of the molecule is CCOC(=O)CC1=Nc2ccc(NS(=O)(=O)c3c(C)noc3C)cc2S(=O)(=O)C1. The van der Waals surface area contributed by atoms with Crippen molar-refractivity contribution in [3.63, 3.8) is 0 Å². The number of carbonyl (C=O) groups excluding carboxylic acids is 1. The minimum Gasteiger partial charge on any atom is -0.466 e. The van der Waals surface area contributed by atoms with Crippen LogP contribution in [0.4, 0.5) is 11.4 Å². The van der Waals surface area contributed by atoms with Gasteiger partial charge in [0.05, 0.1) is 35.1 Å². The highest BCUT2D eigenvalue weighted by Crippen LogP contribution is 2.33. The molecule has 2 heterocycles. The van der Waals surface area contributed by atoms with Crippen LogP contribution in [0.1, 0.15) is 24.8 Å². The summed E-state index contributed by atoms with van der Waals surface area (Å²) in [4.78, 5) is 15.6. The number of anilines is 1. The quantitative estimate of drug-likeness (QED) is 0.669. The summed E-state index contributed by atoms with van der Waals surface area (Å²) in [5.41, 5.74) is 0.543. The first kappa shape index (κ1) is 21.0. The van der Waals surface area contributed by atoms with Crippen molar-refractivity contribution >= 4 is 42.9 Å². The number of carbonyl (C=O) groups is 1. The van der Waals surface area contributed by atoms with E-state index in [9.17, 15) is 21.6 Å². The van der Waals surface area contributed by atoms with E-state index in [4.69, 9.17) is 9.26 Å². The maximum atomic E-state index is 12.6. The number of rotatable bonds is 6. The molecule has 12 heteroatoms. The number of fused-ring (bicyclic) bond motifs is 1. The molecule has 0 bridgehead atoms. The van der Waals surface area contributed by atoms with Crippen molar-refractivity contribution < 1.29 is 30.9 Å². The van der Waals surface area contributed by atoms with Gasteiger partial charge in [-0.2, -0.15) is 0 Å². The van der Waals surface area contributed by atoms with Crippen molar-refractivity contribution in [3.05, 3.63) is 29.7 Å². The van der Waals surface area contributed by atoms with Crippen LogP contribution in [0.25, 0.3) is 0 Å². The Balaban J connectivity index is 1.94. The molecule has 1 aliphatic rings. The molecule has 0 spiro atoms. The molecule has 0 fully saturated rings. The lowest BCUT2D eigenvalue weighted by atomic mass is 10.2. The monoisotopic (exact) mass is 441 g/mol. The number of aromatic nitrogens is 1. The highest BCUT2D eigenvalue weighted by molar-refractivity contribution is 7.93. The molecule has 0 aliphatic carbocycles. The fourth-order valence-electron chi connectivity index (χ4n) is 2.95. The van der Waals surface area contributed by atoms with E-state index in [-0.39, 0.29) is 51.4 Å². The highest BCUT2D eigenvalue weighted by Gasteiger charge is 2.29. The van der Waals surface area contributed by atoms with Crippen molar-refractivity contribution in [1.29, 1.82) is 0 Å². The van der Waals surface area contributed by atoms with Crippen LogP contribution in [-0.2, 0) is 29.4 Å². The lowest BCUT2D eigenvalue weighted by Crippen LogP contribution is -2.23. The Morgan fingerprint density at radius 3 is 2.66 bits per heavy atom. The Hall–Kier alpha value is -2.73. The van der Waals surface area contributed by atoms with Gasteiger partial charge in [-0.05, 0) is 39.0 Å². The zero-order valence-electron chi connectivity index (χ0n) is 15.9. The Morgan fingerprint density at radius 2 is 2.03 bits per heavy atom. The first-order valence-electron chi connectivity index (χ1n) is 8.58. The number of aryl methyl sites for hydroxylation is 2. The van der Waals surface area contributed by atoms with Crippen molar-refractivity contribution in [2.75, 3.05) is 17.1 Å². The Morgan fingerprint density at radius 1 is 1.31 bits per heavy atom. The normalized spacial score (nSPS) is 15.3. The molecule has 3 rings (SSSR count). The smallest absolute Gasteiger partial charge is 0.311 e. The number of hydrogen-bond acceptors (Lipinski definition) is 9. The largest absolute Gasteiger partial charge is 0.466 e. The van der Waals surface area contributed by atoms with Crippen molar-refractivity contribution in [1.82, 2.24) is 5.16 Å². The standard InChI is InChI=1S/C17H19N3O7S2/c1-4-26-16(21)8-13-9-28(22,23)15-7-12(5-6-14(15)18-13)20-29(24,25)17-10(2)19-27-11(17)3/h5-7,20H,4,8-9H2,1-3H3. The lowest BCUT2D eigenvalue weighted by molar-refractivity contribution is -0.141. The molecule has 1 aromatic heterocycles. The van der Waals surface area contributed by atoms with Crippen molar-refractivity contribution in [2.45, 2.75) is 37.0 Å². The molecule has 1 aliphatic heterocycles. The van der Waals surface area contributed by atoms with Crippen LogP contribution in [0.3, 0.4) is 0 Å². The molecule has 10 nitrogen and oxygen atoms in total. The third-order valence-corrected chi connectivity index (χ3v) is 7.41. The Kier molecular flexibility index (Phi) is 5.50. The molecule has 0 unspecified atom stereocenters. The number of nitrogens with zero attached hydrogens (tertiary/aromatic N) is 2. The van der Waals surface area contributed by atoms with Gasteiger partial charge in [-0.25, -0.2) is 16.8 Å². The third kappa shape index (κ3) is 4.32. The zero-order valence-corrected chi connectivity index (χ0v) is 17.6. The Labute approximate surface area is 167 Å². The topological polar surface area (TPSA) is 145 Å². The highest BCUT2D eigenvalue weighted by atomic mass is 32.2. The lowest BCUT2D eigenvalue weighted by Gasteiger charge is -2.17. The van der Waals surface area contributed by atoms with Gasteiger partial charge in [0.2, 0.25) is 0 Å². The molecule has 0 amide bonds. The van der Waals surface area contributed by atoms with Crippen molar-refractivity contribution in [2.24, 2.45) is 4.99 Å². The number of ether oxygens (including phenoxy) is 1. The van der Waals surface area contributed by atoms with Gasteiger partial charge >= 0.3 is 5.97 Å². The molecule has 0 saturated heterocycles. The second kappa shape index (κ2) is 7.59. The molecule has 2 aromatic rings. The predicted octanol–water partition coefficient (Wildman–Crippen LogP) is 1.91. The maximum absolute atomic E-state index is 12.6. The van der Waals surface area contributed by atoms with E-state index in [0.29, 0.717) is 0 Å². The summed E-state index contributed by atoms with van der Waals surface area (Å²) in [6.07, 6.45) is -0.229. The van der Waals surface area contributed by atoms with Crippen LogP contribution in [0.2, 0.25) is 0 Å². The number of aliphatic imine (C=N–C) groups is 1. The summed E-state index contributed by atoms with van der Waals surface area (Å²) in [6, 6.07) is 3.97. The average Bonchev–Trinajstić information content (AvgIpc) is 2.94. The van der Waals surface area contributed by atoms with Gasteiger partial charge in [-0.3, -0.25) is 14.5 Å². The molecule has 0 radical (unpaired) electrons. The van der Waals surface area contributed by atoms with Crippen LogP contribution in [-0.4, -0.2) is 46.0 Å². The predicted molar refractivity (Wildman–Crippen MR) is 104 cm³/mol. The second-order valence-electron chi connectivity index (χ2n) is 6.36. The first-order valence-corrected chi connectivity index (χ1v) is 11.7. The molecule has 1 aromatic carbocycles. The van der Waals surface area contributed by atoms with Gasteiger partial charge in [-0.1, -0.05) is 5.16 Å². The number of sulfonamides is 1. The third-order valence-electron chi connectivity index (χ3n) is 4.07. The molecular weight excluding hydrogens is 422 g/mol. The number of sulfone groups is 1. The fraction of sp³-hybridized carbons (Fsp3) is 0.353. The number of hydrogen-bond donors (Lipinski definition) is 1.